The fourth-order valence-corrected chi connectivity index (χ4v) is 1.94. The molecule has 1 fully saturated rings. The Kier molecular flexibility index (Phi) is 4.11. The van der Waals surface area contributed by atoms with Crippen LogP contribution in [0.5, 0.6) is 0 Å². The zero-order valence-corrected chi connectivity index (χ0v) is 12.6. The predicted molar refractivity (Wildman–Crippen MR) is 79.9 cm³/mol. The van der Waals surface area contributed by atoms with E-state index in [1.54, 1.807) is 7.05 Å². The molecule has 6 nitrogen and oxygen atoms in total. The van der Waals surface area contributed by atoms with Gasteiger partial charge in [-0.15, -0.1) is 0 Å². The smallest absolute Gasteiger partial charge is 0.227 e. The number of rotatable bonds is 6. The zero-order valence-electron chi connectivity index (χ0n) is 12.6. The van der Waals surface area contributed by atoms with E-state index in [9.17, 15) is 4.79 Å². The minimum absolute atomic E-state index is 0.00955. The SMILES string of the molecule is CNC(=O)C(C)(C)CNc1cc(NC)nc(C2CC2)n1. The highest BCUT2D eigenvalue weighted by Gasteiger charge is 2.29. The van der Waals surface area contributed by atoms with Crippen molar-refractivity contribution in [2.24, 2.45) is 5.41 Å². The van der Waals surface area contributed by atoms with Crippen LogP contribution in [0.3, 0.4) is 0 Å². The lowest BCUT2D eigenvalue weighted by Crippen LogP contribution is -2.39. The van der Waals surface area contributed by atoms with Crippen molar-refractivity contribution in [3.63, 3.8) is 0 Å². The number of hydrogen-bond acceptors (Lipinski definition) is 5. The number of carbonyl (C=O) groups is 1. The number of nitrogens with one attached hydrogen (secondary N) is 3. The van der Waals surface area contributed by atoms with E-state index in [1.807, 2.05) is 27.0 Å². The maximum Gasteiger partial charge on any atom is 0.227 e. The van der Waals surface area contributed by atoms with E-state index in [4.69, 9.17) is 0 Å². The van der Waals surface area contributed by atoms with Crippen molar-refractivity contribution < 1.29 is 4.79 Å². The number of anilines is 2. The molecule has 1 saturated carbocycles. The zero-order chi connectivity index (χ0) is 14.8. The molecule has 1 aliphatic carbocycles. The van der Waals surface area contributed by atoms with Crippen molar-refractivity contribution in [1.29, 1.82) is 0 Å². The standard InChI is InChI=1S/C14H23N5O/c1-14(2,13(20)16-4)8-17-11-7-10(15-3)18-12(19-11)9-5-6-9/h7,9H,5-6,8H2,1-4H3,(H,16,20)(H2,15,17,18,19). The van der Waals surface area contributed by atoms with E-state index < -0.39 is 5.41 Å². The van der Waals surface area contributed by atoms with Gasteiger partial charge < -0.3 is 16.0 Å². The molecule has 1 aromatic heterocycles. The Morgan fingerprint density at radius 1 is 1.30 bits per heavy atom. The average molecular weight is 277 g/mol. The van der Waals surface area contributed by atoms with Gasteiger partial charge in [-0.05, 0) is 26.7 Å². The molecule has 0 aliphatic heterocycles. The molecule has 20 heavy (non-hydrogen) atoms. The van der Waals surface area contributed by atoms with Crippen LogP contribution in [0, 0.1) is 5.41 Å². The summed E-state index contributed by atoms with van der Waals surface area (Å²) in [6.45, 7) is 4.33. The summed E-state index contributed by atoms with van der Waals surface area (Å²) in [7, 11) is 3.50. The molecule has 2 rings (SSSR count). The van der Waals surface area contributed by atoms with E-state index in [0.717, 1.165) is 30.3 Å². The molecule has 6 heteroatoms. The van der Waals surface area contributed by atoms with Crippen LogP contribution in [-0.2, 0) is 4.79 Å². The van der Waals surface area contributed by atoms with Crippen molar-refractivity contribution >= 4 is 17.5 Å². The molecular formula is C14H23N5O. The van der Waals surface area contributed by atoms with E-state index >= 15 is 0 Å². The molecule has 0 spiro atoms. The van der Waals surface area contributed by atoms with E-state index in [0.29, 0.717) is 12.5 Å². The minimum Gasteiger partial charge on any atom is -0.373 e. The molecule has 1 aliphatic rings. The molecule has 110 valence electrons. The molecule has 1 aromatic rings. The van der Waals surface area contributed by atoms with Gasteiger partial charge in [-0.3, -0.25) is 4.79 Å². The van der Waals surface area contributed by atoms with Crippen LogP contribution < -0.4 is 16.0 Å². The molecule has 1 amide bonds. The molecule has 0 radical (unpaired) electrons. The fraction of sp³-hybridized carbons (Fsp3) is 0.643. The second-order valence-electron chi connectivity index (χ2n) is 5.84. The van der Waals surface area contributed by atoms with Crippen LogP contribution >= 0.6 is 0 Å². The number of nitrogens with zero attached hydrogens (tertiary/aromatic N) is 2. The summed E-state index contributed by atoms with van der Waals surface area (Å²) in [5, 5.41) is 8.98. The third-order valence-electron chi connectivity index (χ3n) is 3.50. The highest BCUT2D eigenvalue weighted by Crippen LogP contribution is 2.38. The monoisotopic (exact) mass is 277 g/mol. The Morgan fingerprint density at radius 2 is 1.95 bits per heavy atom. The van der Waals surface area contributed by atoms with Crippen LogP contribution in [-0.4, -0.2) is 36.5 Å². The predicted octanol–water partition coefficient (Wildman–Crippen LogP) is 1.58. The summed E-state index contributed by atoms with van der Waals surface area (Å²) in [4.78, 5) is 20.8. The highest BCUT2D eigenvalue weighted by molar-refractivity contribution is 5.82. The van der Waals surface area contributed by atoms with Gasteiger partial charge >= 0.3 is 0 Å². The first-order valence-electron chi connectivity index (χ1n) is 6.99. The van der Waals surface area contributed by atoms with Crippen LogP contribution in [0.1, 0.15) is 38.4 Å². The lowest BCUT2D eigenvalue weighted by atomic mass is 9.92. The van der Waals surface area contributed by atoms with Crippen LogP contribution in [0.25, 0.3) is 0 Å². The minimum atomic E-state index is -0.487. The number of amides is 1. The van der Waals surface area contributed by atoms with Crippen molar-refractivity contribution in [3.05, 3.63) is 11.9 Å². The van der Waals surface area contributed by atoms with Crippen molar-refractivity contribution in [1.82, 2.24) is 15.3 Å². The molecule has 0 atom stereocenters. The van der Waals surface area contributed by atoms with Gasteiger partial charge in [0.1, 0.15) is 17.5 Å². The summed E-state index contributed by atoms with van der Waals surface area (Å²) in [5.41, 5.74) is -0.487. The molecule has 0 saturated heterocycles. The lowest BCUT2D eigenvalue weighted by Gasteiger charge is -2.23. The van der Waals surface area contributed by atoms with Gasteiger partial charge in [0, 0.05) is 32.6 Å². The maximum atomic E-state index is 11.8. The number of hydrogen-bond donors (Lipinski definition) is 3. The van der Waals surface area contributed by atoms with Crippen LogP contribution in [0.15, 0.2) is 6.07 Å². The van der Waals surface area contributed by atoms with Crippen molar-refractivity contribution in [2.45, 2.75) is 32.6 Å². The number of carbonyl (C=O) groups excluding carboxylic acids is 1. The molecule has 1 heterocycles. The third-order valence-corrected chi connectivity index (χ3v) is 3.50. The Bertz CT molecular complexity index is 496. The van der Waals surface area contributed by atoms with Crippen molar-refractivity contribution in [3.8, 4) is 0 Å². The third kappa shape index (κ3) is 3.37. The average Bonchev–Trinajstić information content (AvgIpc) is 3.28. The topological polar surface area (TPSA) is 78.9 Å². The van der Waals surface area contributed by atoms with Gasteiger partial charge in [-0.2, -0.15) is 0 Å². The van der Waals surface area contributed by atoms with Gasteiger partial charge in [-0.1, -0.05) is 0 Å². The molecular weight excluding hydrogens is 254 g/mol. The number of aromatic nitrogens is 2. The van der Waals surface area contributed by atoms with Gasteiger partial charge in [0.15, 0.2) is 0 Å². The molecule has 0 unspecified atom stereocenters. The maximum absolute atomic E-state index is 11.8. The first kappa shape index (κ1) is 14.6. The molecule has 0 aromatic carbocycles. The normalized spacial score (nSPS) is 14.8. The van der Waals surface area contributed by atoms with E-state index in [-0.39, 0.29) is 5.91 Å². The second-order valence-corrected chi connectivity index (χ2v) is 5.84. The first-order valence-corrected chi connectivity index (χ1v) is 6.99. The van der Waals surface area contributed by atoms with E-state index in [2.05, 4.69) is 25.9 Å². The summed E-state index contributed by atoms with van der Waals surface area (Å²) in [6.07, 6.45) is 2.33. The molecule has 3 N–H and O–H groups in total. The quantitative estimate of drug-likeness (QED) is 0.736. The van der Waals surface area contributed by atoms with Crippen LogP contribution in [0.2, 0.25) is 0 Å². The van der Waals surface area contributed by atoms with Gasteiger partial charge in [-0.25, -0.2) is 9.97 Å². The second kappa shape index (κ2) is 5.64. The first-order chi connectivity index (χ1) is 9.46. The summed E-state index contributed by atoms with van der Waals surface area (Å²) < 4.78 is 0. The van der Waals surface area contributed by atoms with E-state index in [1.165, 1.54) is 0 Å². The Labute approximate surface area is 119 Å². The Morgan fingerprint density at radius 3 is 2.50 bits per heavy atom. The lowest BCUT2D eigenvalue weighted by molar-refractivity contribution is -0.128. The summed E-state index contributed by atoms with van der Waals surface area (Å²) in [6, 6.07) is 1.87. The van der Waals surface area contributed by atoms with Gasteiger partial charge in [0.25, 0.3) is 0 Å². The fourth-order valence-electron chi connectivity index (χ4n) is 1.94. The summed E-state index contributed by atoms with van der Waals surface area (Å²) >= 11 is 0. The largest absolute Gasteiger partial charge is 0.373 e. The van der Waals surface area contributed by atoms with Crippen molar-refractivity contribution in [2.75, 3.05) is 31.3 Å². The molecule has 0 bridgehead atoms. The highest BCUT2D eigenvalue weighted by atomic mass is 16.2. The van der Waals surface area contributed by atoms with Gasteiger partial charge in [0.05, 0.1) is 5.41 Å². The summed E-state index contributed by atoms with van der Waals surface area (Å²) in [5.74, 6) is 2.97. The Hall–Kier alpha value is -1.85. The Balaban J connectivity index is 2.08. The van der Waals surface area contributed by atoms with Crippen LogP contribution in [0.4, 0.5) is 11.6 Å². The van der Waals surface area contributed by atoms with Gasteiger partial charge in [0.2, 0.25) is 5.91 Å².